The zero-order valence-corrected chi connectivity index (χ0v) is 11.3. The molecule has 1 heterocycles. The summed E-state index contributed by atoms with van der Waals surface area (Å²) < 4.78 is 0. The van der Waals surface area contributed by atoms with Crippen molar-refractivity contribution in [1.29, 1.82) is 0 Å². The summed E-state index contributed by atoms with van der Waals surface area (Å²) in [7, 11) is 0. The summed E-state index contributed by atoms with van der Waals surface area (Å²) in [6.07, 6.45) is 2.31. The molecule has 102 valence electrons. The molecule has 1 aromatic carbocycles. The van der Waals surface area contributed by atoms with Crippen LogP contribution in [-0.2, 0) is 11.2 Å². The average Bonchev–Trinajstić information content (AvgIpc) is 2.48. The predicted molar refractivity (Wildman–Crippen MR) is 76.5 cm³/mol. The van der Waals surface area contributed by atoms with Crippen LogP contribution >= 0.6 is 0 Å². The van der Waals surface area contributed by atoms with Crippen LogP contribution in [0.1, 0.15) is 21.6 Å². The summed E-state index contributed by atoms with van der Waals surface area (Å²) in [5, 5.41) is 2.62. The van der Waals surface area contributed by atoms with E-state index in [1.54, 1.807) is 18.3 Å². The molecule has 0 fully saturated rings. The van der Waals surface area contributed by atoms with Crippen LogP contribution in [0.25, 0.3) is 0 Å². The zero-order valence-electron chi connectivity index (χ0n) is 11.3. The van der Waals surface area contributed by atoms with E-state index in [0.29, 0.717) is 18.5 Å². The number of carbonyl (C=O) groups is 2. The summed E-state index contributed by atoms with van der Waals surface area (Å²) >= 11 is 0. The number of hydrogen-bond acceptors (Lipinski definition) is 3. The molecule has 0 aliphatic rings. The number of hydrogen-bond donors (Lipinski definition) is 1. The third-order valence-electron chi connectivity index (χ3n) is 2.91. The largest absolute Gasteiger partial charge is 0.349 e. The molecule has 0 bridgehead atoms. The number of aryl methyl sites for hydroxylation is 1. The number of rotatable bonds is 5. The second kappa shape index (κ2) is 6.61. The average molecular weight is 268 g/mol. The molecular formula is C16H16N2O2. The lowest BCUT2D eigenvalue weighted by molar-refractivity contribution is -0.116. The quantitative estimate of drug-likeness (QED) is 0.666. The summed E-state index contributed by atoms with van der Waals surface area (Å²) in [6, 6.07) is 12.6. The van der Waals surface area contributed by atoms with Crippen molar-refractivity contribution in [3.8, 4) is 0 Å². The van der Waals surface area contributed by atoms with Crippen LogP contribution in [0.3, 0.4) is 0 Å². The van der Waals surface area contributed by atoms with E-state index in [1.807, 2.05) is 37.3 Å². The van der Waals surface area contributed by atoms with Crippen molar-refractivity contribution >= 4 is 11.7 Å². The van der Waals surface area contributed by atoms with Gasteiger partial charge < -0.3 is 5.32 Å². The molecule has 0 saturated heterocycles. The Bertz CT molecular complexity index is 592. The number of amides is 1. The van der Waals surface area contributed by atoms with Crippen LogP contribution in [0.2, 0.25) is 0 Å². The van der Waals surface area contributed by atoms with E-state index in [-0.39, 0.29) is 0 Å². The van der Waals surface area contributed by atoms with E-state index in [9.17, 15) is 9.59 Å². The molecule has 0 aliphatic heterocycles. The molecule has 0 aliphatic carbocycles. The fourth-order valence-electron chi connectivity index (χ4n) is 1.77. The molecule has 2 rings (SSSR count). The smallest absolute Gasteiger partial charge is 0.292 e. The first-order valence-electron chi connectivity index (χ1n) is 6.46. The Balaban J connectivity index is 1.85. The predicted octanol–water partition coefficient (Wildman–Crippen LogP) is 1.93. The highest BCUT2D eigenvalue weighted by molar-refractivity contribution is 6.42. The topological polar surface area (TPSA) is 59.1 Å². The molecule has 4 heteroatoms. The van der Waals surface area contributed by atoms with Crippen LogP contribution in [0, 0.1) is 6.92 Å². The summed E-state index contributed by atoms with van der Waals surface area (Å²) in [4.78, 5) is 27.8. The van der Waals surface area contributed by atoms with E-state index >= 15 is 0 Å². The zero-order chi connectivity index (χ0) is 14.4. The van der Waals surface area contributed by atoms with E-state index in [2.05, 4.69) is 10.3 Å². The van der Waals surface area contributed by atoms with Crippen LogP contribution in [0.5, 0.6) is 0 Å². The maximum absolute atomic E-state index is 11.9. The van der Waals surface area contributed by atoms with Gasteiger partial charge in [0.2, 0.25) is 5.78 Å². The van der Waals surface area contributed by atoms with Crippen LogP contribution in [0.4, 0.5) is 0 Å². The second-order valence-electron chi connectivity index (χ2n) is 4.52. The number of Topliss-reactive ketones (excluding diaryl/α,β-unsaturated/α-hetero) is 1. The highest BCUT2D eigenvalue weighted by atomic mass is 16.2. The lowest BCUT2D eigenvalue weighted by atomic mass is 10.1. The molecular weight excluding hydrogens is 252 g/mol. The van der Waals surface area contributed by atoms with Gasteiger partial charge in [-0.15, -0.1) is 0 Å². The number of carbonyl (C=O) groups excluding carboxylic acids is 2. The van der Waals surface area contributed by atoms with Gasteiger partial charge in [0.1, 0.15) is 0 Å². The minimum Gasteiger partial charge on any atom is -0.349 e. The number of aromatic nitrogens is 1. The molecule has 2 aromatic rings. The molecule has 0 spiro atoms. The first kappa shape index (κ1) is 13.9. The van der Waals surface area contributed by atoms with Gasteiger partial charge in [-0.1, -0.05) is 35.9 Å². The minimum absolute atomic E-state index is 0.396. The van der Waals surface area contributed by atoms with Crippen molar-refractivity contribution in [2.75, 3.05) is 6.54 Å². The van der Waals surface area contributed by atoms with Crippen molar-refractivity contribution in [1.82, 2.24) is 10.3 Å². The molecule has 0 radical (unpaired) electrons. The highest BCUT2D eigenvalue weighted by Gasteiger charge is 2.15. The van der Waals surface area contributed by atoms with Crippen molar-refractivity contribution < 1.29 is 9.59 Å². The van der Waals surface area contributed by atoms with Gasteiger partial charge in [-0.05, 0) is 19.1 Å². The SMILES string of the molecule is Cc1ccc(C(=O)C(=O)NCCc2ccccn2)cc1. The Labute approximate surface area is 117 Å². The molecule has 1 N–H and O–H groups in total. The van der Waals surface area contributed by atoms with Gasteiger partial charge in [0, 0.05) is 30.4 Å². The third kappa shape index (κ3) is 3.75. The number of benzene rings is 1. The lowest BCUT2D eigenvalue weighted by Crippen LogP contribution is -2.32. The van der Waals surface area contributed by atoms with E-state index < -0.39 is 11.7 Å². The highest BCUT2D eigenvalue weighted by Crippen LogP contribution is 2.04. The van der Waals surface area contributed by atoms with Gasteiger partial charge >= 0.3 is 0 Å². The summed E-state index contributed by atoms with van der Waals surface area (Å²) in [5.41, 5.74) is 2.35. The molecule has 4 nitrogen and oxygen atoms in total. The van der Waals surface area contributed by atoms with E-state index in [1.165, 1.54) is 0 Å². The fourth-order valence-corrected chi connectivity index (χ4v) is 1.77. The fraction of sp³-hybridized carbons (Fsp3) is 0.188. The van der Waals surface area contributed by atoms with Gasteiger partial charge in [-0.25, -0.2) is 0 Å². The molecule has 20 heavy (non-hydrogen) atoms. The number of nitrogens with zero attached hydrogens (tertiary/aromatic N) is 1. The summed E-state index contributed by atoms with van der Waals surface area (Å²) in [5.74, 6) is -1.09. The summed E-state index contributed by atoms with van der Waals surface area (Å²) in [6.45, 7) is 2.33. The molecule has 0 unspecified atom stereocenters. The standard InChI is InChI=1S/C16H16N2O2/c1-12-5-7-13(8-6-12)15(19)16(20)18-11-9-14-4-2-3-10-17-14/h2-8,10H,9,11H2,1H3,(H,18,20). The van der Waals surface area contributed by atoms with Crippen molar-refractivity contribution in [3.05, 3.63) is 65.5 Å². The van der Waals surface area contributed by atoms with Crippen molar-refractivity contribution in [2.24, 2.45) is 0 Å². The maximum Gasteiger partial charge on any atom is 0.292 e. The van der Waals surface area contributed by atoms with Crippen LogP contribution in [-0.4, -0.2) is 23.2 Å². The Morgan fingerprint density at radius 1 is 1.10 bits per heavy atom. The van der Waals surface area contributed by atoms with Gasteiger partial charge in [0.05, 0.1) is 0 Å². The maximum atomic E-state index is 11.9. The third-order valence-corrected chi connectivity index (χ3v) is 2.91. The van der Waals surface area contributed by atoms with Gasteiger partial charge in [0.25, 0.3) is 5.91 Å². The molecule has 0 saturated carbocycles. The van der Waals surface area contributed by atoms with Crippen LogP contribution < -0.4 is 5.32 Å². The lowest BCUT2D eigenvalue weighted by Gasteiger charge is -2.04. The molecule has 0 atom stereocenters. The Kier molecular flexibility index (Phi) is 4.60. The first-order valence-corrected chi connectivity index (χ1v) is 6.46. The second-order valence-corrected chi connectivity index (χ2v) is 4.52. The van der Waals surface area contributed by atoms with Crippen molar-refractivity contribution in [2.45, 2.75) is 13.3 Å². The van der Waals surface area contributed by atoms with Crippen LogP contribution in [0.15, 0.2) is 48.7 Å². The van der Waals surface area contributed by atoms with Crippen molar-refractivity contribution in [3.63, 3.8) is 0 Å². The Morgan fingerprint density at radius 2 is 1.85 bits per heavy atom. The first-order chi connectivity index (χ1) is 9.66. The van der Waals surface area contributed by atoms with E-state index in [4.69, 9.17) is 0 Å². The van der Waals surface area contributed by atoms with E-state index in [0.717, 1.165) is 11.3 Å². The number of pyridine rings is 1. The molecule has 1 aromatic heterocycles. The number of nitrogens with one attached hydrogen (secondary N) is 1. The van der Waals surface area contributed by atoms with Gasteiger partial charge in [0.15, 0.2) is 0 Å². The van der Waals surface area contributed by atoms with Gasteiger partial charge in [-0.3, -0.25) is 14.6 Å². The Morgan fingerprint density at radius 3 is 2.50 bits per heavy atom. The minimum atomic E-state index is -0.579. The number of ketones is 1. The monoisotopic (exact) mass is 268 g/mol. The van der Waals surface area contributed by atoms with Gasteiger partial charge in [-0.2, -0.15) is 0 Å². The Hall–Kier alpha value is -2.49. The molecule has 1 amide bonds. The normalized spacial score (nSPS) is 10.1.